The molecule has 1 aliphatic heterocycles. The van der Waals surface area contributed by atoms with Gasteiger partial charge in [0.2, 0.25) is 11.7 Å². The Hall–Kier alpha value is -1.53. The van der Waals surface area contributed by atoms with Crippen molar-refractivity contribution < 1.29 is 9.32 Å². The molecule has 1 fully saturated rings. The average Bonchev–Trinajstić information content (AvgIpc) is 3.19. The topological polar surface area (TPSA) is 59.2 Å². The summed E-state index contributed by atoms with van der Waals surface area (Å²) in [7, 11) is 0. The summed E-state index contributed by atoms with van der Waals surface area (Å²) in [6.45, 7) is 3.07. The van der Waals surface area contributed by atoms with Crippen LogP contribution in [-0.2, 0) is 11.2 Å². The second-order valence-electron chi connectivity index (χ2n) is 5.41. The van der Waals surface area contributed by atoms with Gasteiger partial charge in [-0.3, -0.25) is 0 Å². The van der Waals surface area contributed by atoms with Gasteiger partial charge in [0, 0.05) is 12.3 Å². The minimum absolute atomic E-state index is 0.269. The van der Waals surface area contributed by atoms with Gasteiger partial charge in [-0.05, 0) is 50.3 Å². The lowest BCUT2D eigenvalue weighted by molar-refractivity contribution is -0.112. The summed E-state index contributed by atoms with van der Waals surface area (Å²) in [5.41, 5.74) is 0. The minimum atomic E-state index is 0.269. The molecule has 2 aromatic rings. The zero-order valence-corrected chi connectivity index (χ0v) is 12.7. The van der Waals surface area contributed by atoms with E-state index in [1.165, 1.54) is 0 Å². The van der Waals surface area contributed by atoms with Crippen molar-refractivity contribution >= 4 is 17.6 Å². The van der Waals surface area contributed by atoms with Gasteiger partial charge in [0.15, 0.2) is 0 Å². The van der Waals surface area contributed by atoms with E-state index < -0.39 is 0 Å². The van der Waals surface area contributed by atoms with Gasteiger partial charge in [0.05, 0.1) is 4.88 Å². The fraction of sp³-hybridized carbons (Fsp3) is 0.533. The molecule has 0 amide bonds. The number of nitrogens with zero attached hydrogens (tertiary/aromatic N) is 3. The van der Waals surface area contributed by atoms with Crippen molar-refractivity contribution in [2.45, 2.75) is 25.7 Å². The lowest BCUT2D eigenvalue weighted by Crippen LogP contribution is -2.34. The van der Waals surface area contributed by atoms with Gasteiger partial charge in [-0.2, -0.15) is 4.98 Å². The SMILES string of the molecule is O=CC1CCN(CCCc2nc(-c3cccs3)no2)CC1. The Kier molecular flexibility index (Phi) is 4.77. The monoisotopic (exact) mass is 305 g/mol. The number of carbonyl (C=O) groups excluding carboxylic acids is 1. The van der Waals surface area contributed by atoms with Crippen LogP contribution in [0.1, 0.15) is 25.2 Å². The first-order valence-electron chi connectivity index (χ1n) is 7.39. The van der Waals surface area contributed by atoms with Crippen LogP contribution in [0.4, 0.5) is 0 Å². The molecule has 112 valence electrons. The number of hydrogen-bond donors (Lipinski definition) is 0. The van der Waals surface area contributed by atoms with Crippen LogP contribution >= 0.6 is 11.3 Å². The molecule has 3 rings (SSSR count). The summed E-state index contributed by atoms with van der Waals surface area (Å²) in [5, 5.41) is 6.03. The Morgan fingerprint density at radius 3 is 3.00 bits per heavy atom. The molecule has 0 radical (unpaired) electrons. The van der Waals surface area contributed by atoms with Gasteiger partial charge < -0.3 is 14.2 Å². The number of likely N-dealkylation sites (tertiary alicyclic amines) is 1. The highest BCUT2D eigenvalue weighted by Gasteiger charge is 2.18. The Balaban J connectivity index is 1.43. The highest BCUT2D eigenvalue weighted by molar-refractivity contribution is 7.13. The molecule has 0 saturated carbocycles. The van der Waals surface area contributed by atoms with Crippen molar-refractivity contribution in [1.82, 2.24) is 15.0 Å². The fourth-order valence-corrected chi connectivity index (χ4v) is 3.28. The molecule has 5 nitrogen and oxygen atoms in total. The molecule has 0 spiro atoms. The van der Waals surface area contributed by atoms with E-state index in [1.54, 1.807) is 11.3 Å². The van der Waals surface area contributed by atoms with Crippen LogP contribution < -0.4 is 0 Å². The molecular weight excluding hydrogens is 286 g/mol. The molecule has 0 bridgehead atoms. The lowest BCUT2D eigenvalue weighted by Gasteiger charge is -2.29. The molecule has 0 atom stereocenters. The molecule has 1 saturated heterocycles. The van der Waals surface area contributed by atoms with Crippen LogP contribution in [0.2, 0.25) is 0 Å². The van der Waals surface area contributed by atoms with E-state index >= 15 is 0 Å². The molecule has 0 N–H and O–H groups in total. The Morgan fingerprint density at radius 2 is 2.29 bits per heavy atom. The number of rotatable bonds is 6. The molecule has 3 heterocycles. The molecule has 6 heteroatoms. The maximum Gasteiger partial charge on any atom is 0.227 e. The summed E-state index contributed by atoms with van der Waals surface area (Å²) in [6.07, 6.45) is 4.91. The molecule has 2 aromatic heterocycles. The van der Waals surface area contributed by atoms with E-state index in [1.807, 2.05) is 17.5 Å². The van der Waals surface area contributed by atoms with Crippen LogP contribution in [0.3, 0.4) is 0 Å². The Bertz CT molecular complexity index is 559. The number of aromatic nitrogens is 2. The standard InChI is InChI=1S/C15H19N3O2S/c19-11-12-5-8-18(9-6-12)7-1-4-14-16-15(17-20-14)13-3-2-10-21-13/h2-3,10-12H,1,4-9H2. The van der Waals surface area contributed by atoms with Gasteiger partial charge in [-0.25, -0.2) is 0 Å². The number of aldehydes is 1. The van der Waals surface area contributed by atoms with Gasteiger partial charge in [0.1, 0.15) is 6.29 Å². The van der Waals surface area contributed by atoms with Gasteiger partial charge in [-0.1, -0.05) is 11.2 Å². The van der Waals surface area contributed by atoms with Crippen molar-refractivity contribution in [3.63, 3.8) is 0 Å². The second kappa shape index (κ2) is 6.95. The summed E-state index contributed by atoms with van der Waals surface area (Å²) in [5.74, 6) is 1.67. The molecule has 21 heavy (non-hydrogen) atoms. The normalized spacial score (nSPS) is 17.1. The number of aryl methyl sites for hydroxylation is 1. The van der Waals surface area contributed by atoms with E-state index in [9.17, 15) is 4.79 Å². The van der Waals surface area contributed by atoms with Crippen molar-refractivity contribution in [2.75, 3.05) is 19.6 Å². The predicted molar refractivity (Wildman–Crippen MR) is 81.2 cm³/mol. The van der Waals surface area contributed by atoms with Crippen molar-refractivity contribution in [2.24, 2.45) is 5.92 Å². The highest BCUT2D eigenvalue weighted by atomic mass is 32.1. The van der Waals surface area contributed by atoms with Crippen LogP contribution in [0.15, 0.2) is 22.0 Å². The molecule has 0 aromatic carbocycles. The van der Waals surface area contributed by atoms with E-state index in [-0.39, 0.29) is 5.92 Å². The zero-order valence-electron chi connectivity index (χ0n) is 11.9. The van der Waals surface area contributed by atoms with E-state index in [0.29, 0.717) is 11.7 Å². The van der Waals surface area contributed by atoms with Crippen molar-refractivity contribution in [1.29, 1.82) is 0 Å². The lowest BCUT2D eigenvalue weighted by atomic mass is 9.98. The van der Waals surface area contributed by atoms with Crippen molar-refractivity contribution in [3.05, 3.63) is 23.4 Å². The van der Waals surface area contributed by atoms with Crippen LogP contribution in [0.5, 0.6) is 0 Å². The summed E-state index contributed by atoms with van der Waals surface area (Å²) < 4.78 is 5.29. The smallest absolute Gasteiger partial charge is 0.227 e. The Morgan fingerprint density at radius 1 is 1.43 bits per heavy atom. The van der Waals surface area contributed by atoms with Crippen molar-refractivity contribution in [3.8, 4) is 10.7 Å². The van der Waals surface area contributed by atoms with Crippen LogP contribution in [0.25, 0.3) is 10.7 Å². The molecule has 1 aliphatic rings. The number of piperidine rings is 1. The van der Waals surface area contributed by atoms with E-state index in [2.05, 4.69) is 15.0 Å². The summed E-state index contributed by atoms with van der Waals surface area (Å²) in [6, 6.07) is 3.98. The molecule has 0 unspecified atom stereocenters. The third-order valence-corrected chi connectivity index (χ3v) is 4.77. The zero-order chi connectivity index (χ0) is 14.5. The first kappa shape index (κ1) is 14.4. The number of thiophene rings is 1. The number of hydrogen-bond acceptors (Lipinski definition) is 6. The quantitative estimate of drug-likeness (QED) is 0.768. The van der Waals surface area contributed by atoms with Gasteiger partial charge in [-0.15, -0.1) is 11.3 Å². The summed E-state index contributed by atoms with van der Waals surface area (Å²) >= 11 is 1.62. The largest absolute Gasteiger partial charge is 0.339 e. The molecular formula is C15H19N3O2S. The first-order valence-corrected chi connectivity index (χ1v) is 8.27. The predicted octanol–water partition coefficient (Wildman–Crippen LogP) is 2.64. The highest BCUT2D eigenvalue weighted by Crippen LogP contribution is 2.21. The van der Waals surface area contributed by atoms with Gasteiger partial charge in [0.25, 0.3) is 0 Å². The third-order valence-electron chi connectivity index (χ3n) is 3.90. The number of carbonyl (C=O) groups is 1. The van der Waals surface area contributed by atoms with Gasteiger partial charge >= 0.3 is 0 Å². The fourth-order valence-electron chi connectivity index (χ4n) is 2.63. The van der Waals surface area contributed by atoms with E-state index in [0.717, 1.165) is 56.5 Å². The maximum atomic E-state index is 10.7. The second-order valence-corrected chi connectivity index (χ2v) is 6.36. The Labute approximate surface area is 128 Å². The van der Waals surface area contributed by atoms with Crippen LogP contribution in [0, 0.1) is 5.92 Å². The summed E-state index contributed by atoms with van der Waals surface area (Å²) in [4.78, 5) is 18.6. The van der Waals surface area contributed by atoms with E-state index in [4.69, 9.17) is 4.52 Å². The average molecular weight is 305 g/mol. The molecule has 0 aliphatic carbocycles. The maximum absolute atomic E-state index is 10.7. The third kappa shape index (κ3) is 3.77. The first-order chi connectivity index (χ1) is 10.3. The minimum Gasteiger partial charge on any atom is -0.339 e. The van der Waals surface area contributed by atoms with Crippen LogP contribution in [-0.4, -0.2) is 41.0 Å².